The molecule has 1 aromatic carbocycles. The molecule has 0 aliphatic carbocycles. The molecule has 1 saturated heterocycles. The van der Waals surface area contributed by atoms with Gasteiger partial charge in [0.15, 0.2) is 6.10 Å². The molecule has 0 N–H and O–H groups in total. The lowest BCUT2D eigenvalue weighted by Crippen LogP contribution is -2.42. The maximum Gasteiger partial charge on any atom is 0.257 e. The van der Waals surface area contributed by atoms with Crippen LogP contribution < -0.4 is 0 Å². The van der Waals surface area contributed by atoms with Gasteiger partial charge in [0, 0.05) is 31.0 Å². The van der Waals surface area contributed by atoms with Crippen LogP contribution in [0.25, 0.3) is 11.4 Å². The van der Waals surface area contributed by atoms with Crippen LogP contribution in [0, 0.1) is 6.92 Å². The van der Waals surface area contributed by atoms with Crippen LogP contribution in [0.2, 0.25) is 0 Å². The molecule has 3 heterocycles. The standard InChI is InChI=1S/C18H18N4O4S/c1-13-4-6-15(7-5-13)27(23,24)22-9-10-25-16(12-22)18-20-17(21-26-18)14-3-2-8-19-11-14/h2-8,11,16H,9-10,12H2,1H3/t16-/m1/s1. The first-order valence-electron chi connectivity index (χ1n) is 8.46. The third-order valence-corrected chi connectivity index (χ3v) is 6.20. The highest BCUT2D eigenvalue weighted by molar-refractivity contribution is 7.89. The lowest BCUT2D eigenvalue weighted by Gasteiger charge is -2.30. The van der Waals surface area contributed by atoms with Gasteiger partial charge in [-0.2, -0.15) is 9.29 Å². The molecular weight excluding hydrogens is 368 g/mol. The molecule has 0 amide bonds. The zero-order valence-corrected chi connectivity index (χ0v) is 15.5. The van der Waals surface area contributed by atoms with Crippen molar-refractivity contribution < 1.29 is 17.7 Å². The van der Waals surface area contributed by atoms with E-state index >= 15 is 0 Å². The number of hydrogen-bond donors (Lipinski definition) is 0. The number of benzene rings is 1. The van der Waals surface area contributed by atoms with Gasteiger partial charge in [0.05, 0.1) is 11.5 Å². The summed E-state index contributed by atoms with van der Waals surface area (Å²) in [6.07, 6.45) is 2.67. The Balaban J connectivity index is 1.55. The minimum atomic E-state index is -3.61. The van der Waals surface area contributed by atoms with Gasteiger partial charge in [-0.15, -0.1) is 0 Å². The second-order valence-corrected chi connectivity index (χ2v) is 8.17. The normalized spacial score (nSPS) is 18.5. The summed E-state index contributed by atoms with van der Waals surface area (Å²) in [7, 11) is -3.61. The Hall–Kier alpha value is -2.62. The minimum absolute atomic E-state index is 0.116. The highest BCUT2D eigenvalue weighted by atomic mass is 32.2. The lowest BCUT2D eigenvalue weighted by atomic mass is 10.2. The first kappa shape index (κ1) is 17.8. The van der Waals surface area contributed by atoms with Crippen molar-refractivity contribution in [2.45, 2.75) is 17.9 Å². The number of hydrogen-bond acceptors (Lipinski definition) is 7. The van der Waals surface area contributed by atoms with E-state index in [1.54, 1.807) is 42.7 Å². The van der Waals surface area contributed by atoms with Gasteiger partial charge in [-0.25, -0.2) is 8.42 Å². The predicted molar refractivity (Wildman–Crippen MR) is 96.2 cm³/mol. The van der Waals surface area contributed by atoms with Gasteiger partial charge >= 0.3 is 0 Å². The van der Waals surface area contributed by atoms with Crippen LogP contribution in [0.1, 0.15) is 17.6 Å². The maximum absolute atomic E-state index is 12.9. The molecule has 1 aliphatic rings. The van der Waals surface area contributed by atoms with E-state index in [1.807, 2.05) is 13.0 Å². The Morgan fingerprint density at radius 1 is 1.19 bits per heavy atom. The average Bonchev–Trinajstić information content (AvgIpc) is 3.19. The van der Waals surface area contributed by atoms with E-state index in [0.29, 0.717) is 11.4 Å². The number of rotatable bonds is 4. The quantitative estimate of drug-likeness (QED) is 0.678. The van der Waals surface area contributed by atoms with E-state index < -0.39 is 16.1 Å². The van der Waals surface area contributed by atoms with E-state index in [4.69, 9.17) is 9.26 Å². The van der Waals surface area contributed by atoms with Crippen molar-refractivity contribution >= 4 is 10.0 Å². The number of pyridine rings is 1. The number of morpholine rings is 1. The largest absolute Gasteiger partial charge is 0.366 e. The summed E-state index contributed by atoms with van der Waals surface area (Å²) < 4.78 is 38.2. The van der Waals surface area contributed by atoms with Crippen LogP contribution in [-0.4, -0.2) is 47.5 Å². The van der Waals surface area contributed by atoms with Crippen LogP contribution in [-0.2, 0) is 14.8 Å². The molecule has 0 spiro atoms. The Morgan fingerprint density at radius 2 is 2.00 bits per heavy atom. The van der Waals surface area contributed by atoms with Crippen molar-refractivity contribution in [3.05, 3.63) is 60.2 Å². The predicted octanol–water partition coefficient (Wildman–Crippen LogP) is 2.20. The lowest BCUT2D eigenvalue weighted by molar-refractivity contribution is -0.0199. The van der Waals surface area contributed by atoms with Crippen molar-refractivity contribution in [3.8, 4) is 11.4 Å². The molecule has 27 heavy (non-hydrogen) atoms. The molecule has 0 radical (unpaired) electrons. The van der Waals surface area contributed by atoms with Crippen molar-refractivity contribution in [2.75, 3.05) is 19.7 Å². The summed E-state index contributed by atoms with van der Waals surface area (Å²) in [4.78, 5) is 8.63. The van der Waals surface area contributed by atoms with Gasteiger partial charge in [0.25, 0.3) is 5.89 Å². The first-order chi connectivity index (χ1) is 13.0. The molecule has 140 valence electrons. The fourth-order valence-electron chi connectivity index (χ4n) is 2.83. The summed E-state index contributed by atoms with van der Waals surface area (Å²) in [6, 6.07) is 10.4. The van der Waals surface area contributed by atoms with Gasteiger partial charge in [0.2, 0.25) is 15.8 Å². The van der Waals surface area contributed by atoms with Crippen LogP contribution in [0.3, 0.4) is 0 Å². The monoisotopic (exact) mass is 386 g/mol. The van der Waals surface area contributed by atoms with E-state index in [9.17, 15) is 8.42 Å². The second-order valence-electron chi connectivity index (χ2n) is 6.23. The molecule has 0 saturated carbocycles. The highest BCUT2D eigenvalue weighted by Crippen LogP contribution is 2.27. The number of ether oxygens (including phenoxy) is 1. The fraction of sp³-hybridized carbons (Fsp3) is 0.278. The molecule has 9 heteroatoms. The molecular formula is C18H18N4O4S. The third kappa shape index (κ3) is 3.61. The Kier molecular flexibility index (Phi) is 4.73. The minimum Gasteiger partial charge on any atom is -0.366 e. The number of aryl methyl sites for hydroxylation is 1. The van der Waals surface area contributed by atoms with Gasteiger partial charge in [-0.3, -0.25) is 4.98 Å². The number of nitrogens with zero attached hydrogens (tertiary/aromatic N) is 4. The fourth-order valence-corrected chi connectivity index (χ4v) is 4.26. The Labute approximate surface area is 156 Å². The van der Waals surface area contributed by atoms with Gasteiger partial charge in [-0.05, 0) is 31.2 Å². The van der Waals surface area contributed by atoms with E-state index in [0.717, 1.165) is 5.56 Å². The molecule has 1 atom stereocenters. The topological polar surface area (TPSA) is 98.4 Å². The summed E-state index contributed by atoms with van der Waals surface area (Å²) in [5.41, 5.74) is 1.72. The smallest absolute Gasteiger partial charge is 0.257 e. The SMILES string of the molecule is Cc1ccc(S(=O)(=O)N2CCO[C@@H](c3nc(-c4cccnc4)no3)C2)cc1. The molecule has 1 fully saturated rings. The van der Waals surface area contributed by atoms with Crippen LogP contribution in [0.5, 0.6) is 0 Å². The summed E-state index contributed by atoms with van der Waals surface area (Å²) in [5, 5.41) is 3.94. The highest BCUT2D eigenvalue weighted by Gasteiger charge is 2.34. The van der Waals surface area contributed by atoms with Crippen molar-refractivity contribution in [3.63, 3.8) is 0 Å². The second kappa shape index (κ2) is 7.18. The average molecular weight is 386 g/mol. The van der Waals surface area contributed by atoms with Crippen LogP contribution >= 0.6 is 0 Å². The molecule has 3 aromatic rings. The summed E-state index contributed by atoms with van der Waals surface area (Å²) in [6.45, 7) is 2.55. The molecule has 0 bridgehead atoms. The van der Waals surface area contributed by atoms with E-state index in [2.05, 4.69) is 15.1 Å². The summed E-state index contributed by atoms with van der Waals surface area (Å²) in [5.74, 6) is 0.637. The number of sulfonamides is 1. The van der Waals surface area contributed by atoms with Crippen molar-refractivity contribution in [1.29, 1.82) is 0 Å². The molecule has 2 aromatic heterocycles. The van der Waals surface area contributed by atoms with Crippen LogP contribution in [0.15, 0.2) is 58.2 Å². The van der Waals surface area contributed by atoms with E-state index in [-0.39, 0.29) is 30.5 Å². The van der Waals surface area contributed by atoms with Crippen molar-refractivity contribution in [1.82, 2.24) is 19.4 Å². The Bertz CT molecular complexity index is 1020. The maximum atomic E-state index is 12.9. The molecule has 0 unspecified atom stereocenters. The molecule has 8 nitrogen and oxygen atoms in total. The van der Waals surface area contributed by atoms with Crippen LogP contribution in [0.4, 0.5) is 0 Å². The van der Waals surface area contributed by atoms with Gasteiger partial charge in [0.1, 0.15) is 0 Å². The Morgan fingerprint density at radius 3 is 2.74 bits per heavy atom. The summed E-state index contributed by atoms with van der Waals surface area (Å²) >= 11 is 0. The molecule has 4 rings (SSSR count). The zero-order valence-electron chi connectivity index (χ0n) is 14.6. The van der Waals surface area contributed by atoms with Gasteiger partial charge in [-0.1, -0.05) is 22.9 Å². The third-order valence-electron chi connectivity index (χ3n) is 4.32. The first-order valence-corrected chi connectivity index (χ1v) is 9.90. The molecule has 1 aliphatic heterocycles. The zero-order chi connectivity index (χ0) is 18.9. The number of aromatic nitrogens is 3. The van der Waals surface area contributed by atoms with E-state index in [1.165, 1.54) is 4.31 Å². The van der Waals surface area contributed by atoms with Crippen molar-refractivity contribution in [2.24, 2.45) is 0 Å². The van der Waals surface area contributed by atoms with Gasteiger partial charge < -0.3 is 9.26 Å².